The Balaban J connectivity index is 2.04. The van der Waals surface area contributed by atoms with Crippen LogP contribution < -0.4 is 4.74 Å². The normalized spacial score (nSPS) is 16.8. The summed E-state index contributed by atoms with van der Waals surface area (Å²) in [7, 11) is 0. The highest BCUT2D eigenvalue weighted by molar-refractivity contribution is 5.44. The van der Waals surface area contributed by atoms with Gasteiger partial charge in [-0.05, 0) is 35.7 Å². The van der Waals surface area contributed by atoms with Gasteiger partial charge in [0.25, 0.3) is 0 Å². The molecule has 92 valence electrons. The molecule has 0 spiro atoms. The predicted octanol–water partition coefficient (Wildman–Crippen LogP) is 2.88. The molecule has 1 aliphatic heterocycles. The van der Waals surface area contributed by atoms with Gasteiger partial charge in [0.1, 0.15) is 11.4 Å². The van der Waals surface area contributed by atoms with Crippen LogP contribution in [0.25, 0.3) is 0 Å². The number of aliphatic hydroxyl groups is 1. The van der Waals surface area contributed by atoms with Gasteiger partial charge in [0.05, 0.1) is 6.61 Å². The monoisotopic (exact) mass is 240 g/mol. The van der Waals surface area contributed by atoms with Gasteiger partial charge >= 0.3 is 0 Å². The highest BCUT2D eigenvalue weighted by Crippen LogP contribution is 2.33. The zero-order valence-electron chi connectivity index (χ0n) is 10.4. The molecule has 1 aliphatic rings. The summed E-state index contributed by atoms with van der Waals surface area (Å²) in [6.07, 6.45) is 0.925. The Morgan fingerprint density at radius 3 is 2.61 bits per heavy atom. The van der Waals surface area contributed by atoms with Crippen molar-refractivity contribution in [2.45, 2.75) is 18.9 Å². The third-order valence-electron chi connectivity index (χ3n) is 3.59. The molecule has 0 amide bonds. The number of benzene rings is 2. The van der Waals surface area contributed by atoms with Gasteiger partial charge in [-0.3, -0.25) is 0 Å². The summed E-state index contributed by atoms with van der Waals surface area (Å²) in [6, 6.07) is 15.7. The first-order valence-electron chi connectivity index (χ1n) is 6.22. The molecule has 2 heteroatoms. The van der Waals surface area contributed by atoms with Gasteiger partial charge in [-0.1, -0.05) is 36.4 Å². The van der Waals surface area contributed by atoms with Crippen molar-refractivity contribution in [3.05, 3.63) is 65.2 Å². The molecule has 0 fully saturated rings. The molecular formula is C16H16O2. The summed E-state index contributed by atoms with van der Waals surface area (Å²) >= 11 is 0. The van der Waals surface area contributed by atoms with Crippen LogP contribution in [0.5, 0.6) is 5.75 Å². The molecule has 0 saturated heterocycles. The van der Waals surface area contributed by atoms with Crippen molar-refractivity contribution < 1.29 is 9.84 Å². The molecule has 1 unspecified atom stereocenters. The number of rotatable bonds is 2. The SMILES string of the molecule is CC(O)(c1ccccc1)c1ccc2c(c1)CCO2. The average molecular weight is 240 g/mol. The Morgan fingerprint density at radius 2 is 1.83 bits per heavy atom. The van der Waals surface area contributed by atoms with Gasteiger partial charge in [-0.15, -0.1) is 0 Å². The first-order valence-corrected chi connectivity index (χ1v) is 6.22. The van der Waals surface area contributed by atoms with E-state index >= 15 is 0 Å². The maximum atomic E-state index is 10.7. The molecule has 1 atom stereocenters. The van der Waals surface area contributed by atoms with E-state index in [2.05, 4.69) is 6.07 Å². The Hall–Kier alpha value is -1.80. The van der Waals surface area contributed by atoms with Gasteiger partial charge in [0.15, 0.2) is 0 Å². The lowest BCUT2D eigenvalue weighted by Gasteiger charge is -2.25. The van der Waals surface area contributed by atoms with E-state index in [-0.39, 0.29) is 0 Å². The zero-order valence-corrected chi connectivity index (χ0v) is 10.4. The molecule has 1 heterocycles. The van der Waals surface area contributed by atoms with Crippen molar-refractivity contribution in [1.82, 2.24) is 0 Å². The van der Waals surface area contributed by atoms with Crippen LogP contribution >= 0.6 is 0 Å². The standard InChI is InChI=1S/C16H16O2/c1-16(17,13-5-3-2-4-6-13)14-7-8-15-12(11-14)9-10-18-15/h2-8,11,17H,9-10H2,1H3. The van der Waals surface area contributed by atoms with E-state index in [0.717, 1.165) is 29.9 Å². The second kappa shape index (κ2) is 4.14. The van der Waals surface area contributed by atoms with E-state index in [1.807, 2.05) is 49.4 Å². The summed E-state index contributed by atoms with van der Waals surface area (Å²) in [5.74, 6) is 0.947. The van der Waals surface area contributed by atoms with Crippen LogP contribution in [-0.4, -0.2) is 11.7 Å². The Morgan fingerprint density at radius 1 is 1.06 bits per heavy atom. The minimum atomic E-state index is -0.959. The molecule has 0 saturated carbocycles. The molecule has 0 aromatic heterocycles. The van der Waals surface area contributed by atoms with E-state index in [9.17, 15) is 5.11 Å². The molecule has 0 aliphatic carbocycles. The van der Waals surface area contributed by atoms with Crippen molar-refractivity contribution in [2.75, 3.05) is 6.61 Å². The number of fused-ring (bicyclic) bond motifs is 1. The van der Waals surface area contributed by atoms with Crippen molar-refractivity contribution in [1.29, 1.82) is 0 Å². The van der Waals surface area contributed by atoms with Crippen LogP contribution in [0.2, 0.25) is 0 Å². The summed E-state index contributed by atoms with van der Waals surface area (Å²) in [5.41, 5.74) is 2.05. The maximum Gasteiger partial charge on any atom is 0.122 e. The highest BCUT2D eigenvalue weighted by atomic mass is 16.5. The van der Waals surface area contributed by atoms with Crippen molar-refractivity contribution in [3.8, 4) is 5.75 Å². The zero-order chi connectivity index (χ0) is 12.6. The van der Waals surface area contributed by atoms with Crippen LogP contribution in [0.4, 0.5) is 0 Å². The van der Waals surface area contributed by atoms with Crippen molar-refractivity contribution in [2.24, 2.45) is 0 Å². The first-order chi connectivity index (χ1) is 8.68. The summed E-state index contributed by atoms with van der Waals surface area (Å²) < 4.78 is 5.49. The van der Waals surface area contributed by atoms with E-state index in [4.69, 9.17) is 4.74 Å². The number of ether oxygens (including phenoxy) is 1. The molecule has 1 N–H and O–H groups in total. The summed E-state index contributed by atoms with van der Waals surface area (Å²) in [4.78, 5) is 0. The van der Waals surface area contributed by atoms with Gasteiger partial charge in [-0.25, -0.2) is 0 Å². The largest absolute Gasteiger partial charge is 0.493 e. The van der Waals surface area contributed by atoms with Crippen molar-refractivity contribution in [3.63, 3.8) is 0 Å². The fraction of sp³-hybridized carbons (Fsp3) is 0.250. The quantitative estimate of drug-likeness (QED) is 0.874. The van der Waals surface area contributed by atoms with Crippen LogP contribution in [0.1, 0.15) is 23.6 Å². The third kappa shape index (κ3) is 1.79. The Labute approximate surface area is 107 Å². The Kier molecular flexibility index (Phi) is 2.60. The van der Waals surface area contributed by atoms with Gasteiger partial charge in [0.2, 0.25) is 0 Å². The first kappa shape index (κ1) is 11.3. The van der Waals surface area contributed by atoms with E-state index in [0.29, 0.717) is 0 Å². The fourth-order valence-corrected chi connectivity index (χ4v) is 2.42. The van der Waals surface area contributed by atoms with E-state index in [1.54, 1.807) is 0 Å². The molecule has 3 rings (SSSR count). The summed E-state index contributed by atoms with van der Waals surface area (Å²) in [5, 5.41) is 10.7. The Bertz CT molecular complexity index is 559. The topological polar surface area (TPSA) is 29.5 Å². The second-order valence-corrected chi connectivity index (χ2v) is 4.86. The van der Waals surface area contributed by atoms with Crippen LogP contribution in [0, 0.1) is 0 Å². The number of hydrogen-bond acceptors (Lipinski definition) is 2. The van der Waals surface area contributed by atoms with Gasteiger partial charge in [0, 0.05) is 6.42 Å². The molecule has 0 radical (unpaired) electrons. The number of hydrogen-bond donors (Lipinski definition) is 1. The van der Waals surface area contributed by atoms with Crippen molar-refractivity contribution >= 4 is 0 Å². The lowest BCUT2D eigenvalue weighted by molar-refractivity contribution is 0.102. The molecule has 2 aromatic rings. The fourth-order valence-electron chi connectivity index (χ4n) is 2.42. The minimum absolute atomic E-state index is 0.742. The smallest absolute Gasteiger partial charge is 0.122 e. The van der Waals surface area contributed by atoms with Crippen LogP contribution in [0.3, 0.4) is 0 Å². The maximum absolute atomic E-state index is 10.7. The van der Waals surface area contributed by atoms with E-state index < -0.39 is 5.60 Å². The second-order valence-electron chi connectivity index (χ2n) is 4.86. The molecule has 18 heavy (non-hydrogen) atoms. The lowest BCUT2D eigenvalue weighted by atomic mass is 9.87. The molecule has 2 aromatic carbocycles. The molecule has 2 nitrogen and oxygen atoms in total. The molecule has 0 bridgehead atoms. The average Bonchev–Trinajstić information content (AvgIpc) is 2.87. The van der Waals surface area contributed by atoms with E-state index in [1.165, 1.54) is 5.56 Å². The highest BCUT2D eigenvalue weighted by Gasteiger charge is 2.27. The minimum Gasteiger partial charge on any atom is -0.493 e. The molecular weight excluding hydrogens is 224 g/mol. The lowest BCUT2D eigenvalue weighted by Crippen LogP contribution is -2.22. The van der Waals surface area contributed by atoms with Gasteiger partial charge in [-0.2, -0.15) is 0 Å². The predicted molar refractivity (Wildman–Crippen MR) is 70.8 cm³/mol. The summed E-state index contributed by atoms with van der Waals surface area (Å²) in [6.45, 7) is 2.58. The van der Waals surface area contributed by atoms with Crippen LogP contribution in [0.15, 0.2) is 48.5 Å². The van der Waals surface area contributed by atoms with Gasteiger partial charge < -0.3 is 9.84 Å². The third-order valence-corrected chi connectivity index (χ3v) is 3.59. The van der Waals surface area contributed by atoms with Crippen LogP contribution in [-0.2, 0) is 12.0 Å².